The van der Waals surface area contributed by atoms with Crippen LogP contribution in [0.1, 0.15) is 25.3 Å². The molecule has 92 valence electrons. The molecular formula is C13H15FO3. The molecule has 2 atom stereocenters. The van der Waals surface area contributed by atoms with Crippen molar-refractivity contribution in [3.63, 3.8) is 0 Å². The zero-order chi connectivity index (χ0) is 12.8. The first-order valence-electron chi connectivity index (χ1n) is 5.46. The van der Waals surface area contributed by atoms with Crippen LogP contribution in [0.5, 0.6) is 5.75 Å². The fraction of sp³-hybridized carbons (Fsp3) is 0.462. The first-order chi connectivity index (χ1) is 7.91. The molecule has 1 saturated carbocycles. The molecule has 0 heterocycles. The fourth-order valence-electron chi connectivity index (χ4n) is 2.63. The predicted octanol–water partition coefficient (Wildman–Crippen LogP) is 2.66. The normalized spacial score (nSPS) is 25.4. The summed E-state index contributed by atoms with van der Waals surface area (Å²) in [6.45, 7) is 3.67. The van der Waals surface area contributed by atoms with E-state index >= 15 is 0 Å². The number of ether oxygens (including phenoxy) is 1. The second-order valence-corrected chi connectivity index (χ2v) is 4.97. The number of carboxylic acids is 1. The number of halogens is 1. The lowest BCUT2D eigenvalue weighted by Crippen LogP contribution is -2.03. The van der Waals surface area contributed by atoms with E-state index in [2.05, 4.69) is 0 Å². The van der Waals surface area contributed by atoms with Gasteiger partial charge in [0.1, 0.15) is 11.6 Å². The third-order valence-electron chi connectivity index (χ3n) is 3.64. The molecule has 0 radical (unpaired) electrons. The molecule has 0 spiro atoms. The molecule has 1 fully saturated rings. The fourth-order valence-corrected chi connectivity index (χ4v) is 2.63. The summed E-state index contributed by atoms with van der Waals surface area (Å²) in [5.41, 5.74) is -0.0474. The summed E-state index contributed by atoms with van der Waals surface area (Å²) < 4.78 is 19.0. The van der Waals surface area contributed by atoms with Gasteiger partial charge in [0, 0.05) is 11.5 Å². The van der Waals surface area contributed by atoms with E-state index < -0.39 is 23.1 Å². The smallest absolute Gasteiger partial charge is 0.307 e. The number of rotatable bonds is 3. The van der Waals surface area contributed by atoms with Crippen LogP contribution in [0.15, 0.2) is 18.2 Å². The quantitative estimate of drug-likeness (QED) is 0.880. The van der Waals surface area contributed by atoms with Crippen LogP contribution < -0.4 is 4.74 Å². The number of aliphatic carboxylic acids is 1. The molecule has 0 saturated heterocycles. The molecule has 17 heavy (non-hydrogen) atoms. The molecule has 0 unspecified atom stereocenters. The second-order valence-electron chi connectivity index (χ2n) is 4.97. The van der Waals surface area contributed by atoms with E-state index in [1.165, 1.54) is 13.2 Å². The summed E-state index contributed by atoms with van der Waals surface area (Å²) in [6, 6.07) is 4.56. The van der Waals surface area contributed by atoms with E-state index in [4.69, 9.17) is 9.84 Å². The number of carboxylic acid groups (broad SMARTS) is 1. The Hall–Kier alpha value is -1.58. The highest BCUT2D eigenvalue weighted by Crippen LogP contribution is 2.66. The average molecular weight is 238 g/mol. The standard InChI is InChI=1S/C13H15FO3/c1-13(2)10(11(13)12(15)16)9-7(14)5-4-6-8(9)17-3/h4-6,10-11H,1-3H3,(H,15,16)/t10-,11+/m0/s1. The molecule has 0 bridgehead atoms. The highest BCUT2D eigenvalue weighted by Gasteiger charge is 2.64. The minimum Gasteiger partial charge on any atom is -0.496 e. The van der Waals surface area contributed by atoms with E-state index in [0.29, 0.717) is 11.3 Å². The van der Waals surface area contributed by atoms with E-state index in [-0.39, 0.29) is 5.92 Å². The predicted molar refractivity (Wildman–Crippen MR) is 60.6 cm³/mol. The van der Waals surface area contributed by atoms with E-state index in [9.17, 15) is 9.18 Å². The Balaban J connectivity index is 2.46. The van der Waals surface area contributed by atoms with Crippen molar-refractivity contribution < 1.29 is 19.0 Å². The van der Waals surface area contributed by atoms with Crippen LogP contribution >= 0.6 is 0 Å². The minimum absolute atomic E-state index is 0.323. The summed E-state index contributed by atoms with van der Waals surface area (Å²) in [5, 5.41) is 9.11. The van der Waals surface area contributed by atoms with Gasteiger partial charge in [-0.2, -0.15) is 0 Å². The van der Waals surface area contributed by atoms with Gasteiger partial charge in [-0.15, -0.1) is 0 Å². The molecule has 4 heteroatoms. The Labute approximate surface area is 99.2 Å². The Morgan fingerprint density at radius 2 is 2.12 bits per heavy atom. The van der Waals surface area contributed by atoms with Gasteiger partial charge in [-0.05, 0) is 17.5 Å². The molecule has 0 aliphatic heterocycles. The Kier molecular flexibility index (Phi) is 2.60. The number of methoxy groups -OCH3 is 1. The maximum absolute atomic E-state index is 13.8. The first kappa shape index (κ1) is 11.9. The molecule has 3 nitrogen and oxygen atoms in total. The maximum atomic E-state index is 13.8. The number of benzene rings is 1. The van der Waals surface area contributed by atoms with Crippen LogP contribution in [-0.2, 0) is 4.79 Å². The Bertz CT molecular complexity index is 468. The Morgan fingerprint density at radius 3 is 2.59 bits per heavy atom. The van der Waals surface area contributed by atoms with E-state index in [1.807, 2.05) is 13.8 Å². The lowest BCUT2D eigenvalue weighted by molar-refractivity contribution is -0.139. The van der Waals surface area contributed by atoms with Crippen LogP contribution in [0.3, 0.4) is 0 Å². The van der Waals surface area contributed by atoms with Gasteiger partial charge in [0.2, 0.25) is 0 Å². The molecule has 1 N–H and O–H groups in total. The second kappa shape index (κ2) is 3.72. The summed E-state index contributed by atoms with van der Waals surface area (Å²) in [4.78, 5) is 11.1. The van der Waals surface area contributed by atoms with Crippen molar-refractivity contribution >= 4 is 5.97 Å². The molecule has 1 aliphatic carbocycles. The number of hydrogen-bond donors (Lipinski definition) is 1. The third kappa shape index (κ3) is 1.68. The van der Waals surface area contributed by atoms with Gasteiger partial charge in [0.05, 0.1) is 13.0 Å². The first-order valence-corrected chi connectivity index (χ1v) is 5.46. The monoisotopic (exact) mass is 238 g/mol. The molecular weight excluding hydrogens is 223 g/mol. The van der Waals surface area contributed by atoms with Crippen molar-refractivity contribution in [1.82, 2.24) is 0 Å². The summed E-state index contributed by atoms with van der Waals surface area (Å²) in [5.74, 6) is -1.73. The number of carbonyl (C=O) groups is 1. The minimum atomic E-state index is -0.884. The topological polar surface area (TPSA) is 46.5 Å². The van der Waals surface area contributed by atoms with Gasteiger partial charge in [-0.1, -0.05) is 19.9 Å². The molecule has 0 amide bonds. The van der Waals surface area contributed by atoms with E-state index in [0.717, 1.165) is 0 Å². The van der Waals surface area contributed by atoms with E-state index in [1.54, 1.807) is 12.1 Å². The van der Waals surface area contributed by atoms with Crippen molar-refractivity contribution in [2.45, 2.75) is 19.8 Å². The van der Waals surface area contributed by atoms with Gasteiger partial charge in [-0.25, -0.2) is 4.39 Å². The lowest BCUT2D eigenvalue weighted by Gasteiger charge is -2.10. The van der Waals surface area contributed by atoms with Crippen molar-refractivity contribution in [2.24, 2.45) is 11.3 Å². The van der Waals surface area contributed by atoms with Gasteiger partial charge in [0.25, 0.3) is 0 Å². The van der Waals surface area contributed by atoms with Gasteiger partial charge in [-0.3, -0.25) is 4.79 Å². The maximum Gasteiger partial charge on any atom is 0.307 e. The van der Waals surface area contributed by atoms with Gasteiger partial charge < -0.3 is 9.84 Å². The largest absolute Gasteiger partial charge is 0.496 e. The van der Waals surface area contributed by atoms with Crippen LogP contribution in [0.25, 0.3) is 0 Å². The third-order valence-corrected chi connectivity index (χ3v) is 3.64. The summed E-state index contributed by atoms with van der Waals surface area (Å²) >= 11 is 0. The molecule has 1 aromatic carbocycles. The summed E-state index contributed by atoms with van der Waals surface area (Å²) in [7, 11) is 1.46. The van der Waals surface area contributed by atoms with Crippen LogP contribution in [0.4, 0.5) is 4.39 Å². The molecule has 1 aliphatic rings. The lowest BCUT2D eigenvalue weighted by atomic mass is 10.0. The van der Waals surface area contributed by atoms with Crippen molar-refractivity contribution in [1.29, 1.82) is 0 Å². The highest BCUT2D eigenvalue weighted by molar-refractivity contribution is 5.78. The zero-order valence-corrected chi connectivity index (χ0v) is 10.0. The SMILES string of the molecule is COc1cccc(F)c1[C@H]1[C@H](C(=O)O)C1(C)C. The van der Waals surface area contributed by atoms with Crippen LogP contribution in [-0.4, -0.2) is 18.2 Å². The number of hydrogen-bond acceptors (Lipinski definition) is 2. The van der Waals surface area contributed by atoms with Gasteiger partial charge >= 0.3 is 5.97 Å². The van der Waals surface area contributed by atoms with Crippen molar-refractivity contribution in [2.75, 3.05) is 7.11 Å². The average Bonchev–Trinajstić information content (AvgIpc) is 2.80. The molecule has 1 aromatic rings. The van der Waals surface area contributed by atoms with Crippen molar-refractivity contribution in [3.05, 3.63) is 29.6 Å². The van der Waals surface area contributed by atoms with Crippen LogP contribution in [0, 0.1) is 17.2 Å². The van der Waals surface area contributed by atoms with Gasteiger partial charge in [0.15, 0.2) is 0 Å². The zero-order valence-electron chi connectivity index (χ0n) is 10.0. The van der Waals surface area contributed by atoms with Crippen molar-refractivity contribution in [3.8, 4) is 5.75 Å². The molecule has 0 aromatic heterocycles. The molecule has 2 rings (SSSR count). The Morgan fingerprint density at radius 1 is 1.47 bits per heavy atom. The summed E-state index contributed by atoms with van der Waals surface area (Å²) in [6.07, 6.45) is 0. The van der Waals surface area contributed by atoms with Crippen LogP contribution in [0.2, 0.25) is 0 Å². The highest BCUT2D eigenvalue weighted by atomic mass is 19.1.